The summed E-state index contributed by atoms with van der Waals surface area (Å²) < 4.78 is 0. The van der Waals surface area contributed by atoms with Gasteiger partial charge in [0.15, 0.2) is 0 Å². The highest BCUT2D eigenvalue weighted by Gasteiger charge is 2.23. The predicted octanol–water partition coefficient (Wildman–Crippen LogP) is 3.77. The Morgan fingerprint density at radius 3 is 2.68 bits per heavy atom. The minimum absolute atomic E-state index is 0.150. The van der Waals surface area contributed by atoms with Gasteiger partial charge in [0.25, 0.3) is 5.91 Å². The summed E-state index contributed by atoms with van der Waals surface area (Å²) in [5.74, 6) is 0.811. The molecular formula is C18H19ClN2O. The largest absolute Gasteiger partial charge is 0.338 e. The number of rotatable bonds is 5. The molecule has 3 nitrogen and oxygen atoms in total. The molecule has 1 aromatic carbocycles. The lowest BCUT2D eigenvalue weighted by atomic mass is 9.94. The van der Waals surface area contributed by atoms with Crippen molar-refractivity contribution in [3.05, 3.63) is 53.9 Å². The topological polar surface area (TPSA) is 33.2 Å². The molecule has 0 bridgehead atoms. The van der Waals surface area contributed by atoms with Gasteiger partial charge in [0, 0.05) is 36.9 Å². The Morgan fingerprint density at radius 1 is 1.09 bits per heavy atom. The molecule has 0 unspecified atom stereocenters. The van der Waals surface area contributed by atoms with Crippen LogP contribution in [0.5, 0.6) is 0 Å². The lowest BCUT2D eigenvalue weighted by Gasteiger charge is -2.29. The van der Waals surface area contributed by atoms with Gasteiger partial charge in [0.1, 0.15) is 0 Å². The molecule has 0 saturated heterocycles. The number of amides is 1. The third-order valence-corrected chi connectivity index (χ3v) is 4.37. The fourth-order valence-corrected chi connectivity index (χ4v) is 3.06. The van der Waals surface area contributed by atoms with Gasteiger partial charge in [-0.3, -0.25) is 9.78 Å². The van der Waals surface area contributed by atoms with Crippen LogP contribution in [0.15, 0.2) is 42.7 Å². The highest BCUT2D eigenvalue weighted by atomic mass is 35.5. The van der Waals surface area contributed by atoms with E-state index in [-0.39, 0.29) is 5.91 Å². The van der Waals surface area contributed by atoms with Gasteiger partial charge >= 0.3 is 0 Å². The van der Waals surface area contributed by atoms with Crippen LogP contribution in [0.3, 0.4) is 0 Å². The number of hydrogen-bond donors (Lipinski definition) is 0. The second kappa shape index (κ2) is 6.93. The molecule has 0 aliphatic carbocycles. The first-order chi connectivity index (χ1) is 10.8. The first-order valence-corrected chi connectivity index (χ1v) is 8.21. The van der Waals surface area contributed by atoms with Crippen LogP contribution in [0.1, 0.15) is 28.8 Å². The van der Waals surface area contributed by atoms with Crippen molar-refractivity contribution in [1.29, 1.82) is 0 Å². The molecule has 1 aromatic heterocycles. The highest BCUT2D eigenvalue weighted by molar-refractivity contribution is 6.17. The molecule has 4 heteroatoms. The molecule has 114 valence electrons. The Balaban J connectivity index is 1.80. The molecule has 0 saturated carbocycles. The first kappa shape index (κ1) is 15.0. The van der Waals surface area contributed by atoms with Crippen LogP contribution in [-0.4, -0.2) is 34.8 Å². The number of benzene rings is 1. The summed E-state index contributed by atoms with van der Waals surface area (Å²) in [6.07, 6.45) is 6.43. The van der Waals surface area contributed by atoms with Crippen molar-refractivity contribution in [3.63, 3.8) is 0 Å². The molecule has 1 aliphatic heterocycles. The maximum atomic E-state index is 12.5. The number of carbonyl (C=O) groups is 1. The van der Waals surface area contributed by atoms with Crippen LogP contribution in [-0.2, 0) is 6.42 Å². The molecule has 0 atom stereocenters. The Hall–Kier alpha value is -1.87. The van der Waals surface area contributed by atoms with Crippen molar-refractivity contribution in [2.75, 3.05) is 19.0 Å². The van der Waals surface area contributed by atoms with E-state index in [2.05, 4.69) is 11.1 Å². The fraction of sp³-hybridized carbons (Fsp3) is 0.333. The Morgan fingerprint density at radius 2 is 1.91 bits per heavy atom. The summed E-state index contributed by atoms with van der Waals surface area (Å²) in [4.78, 5) is 18.5. The molecule has 2 aromatic rings. The molecule has 2 heterocycles. The van der Waals surface area contributed by atoms with Crippen LogP contribution >= 0.6 is 11.6 Å². The van der Waals surface area contributed by atoms with Crippen molar-refractivity contribution >= 4 is 17.5 Å². The van der Waals surface area contributed by atoms with E-state index < -0.39 is 0 Å². The minimum atomic E-state index is 0.150. The van der Waals surface area contributed by atoms with Gasteiger partial charge in [-0.15, -0.1) is 11.6 Å². The van der Waals surface area contributed by atoms with E-state index in [1.54, 1.807) is 12.4 Å². The molecule has 0 N–H and O–H groups in total. The summed E-state index contributed by atoms with van der Waals surface area (Å²) in [6.45, 7) is 1.60. The summed E-state index contributed by atoms with van der Waals surface area (Å²) in [5.41, 5.74) is 4.27. The number of carbonyl (C=O) groups excluding carboxylic acids is 1. The van der Waals surface area contributed by atoms with E-state index in [0.29, 0.717) is 5.88 Å². The quantitative estimate of drug-likeness (QED) is 0.622. The van der Waals surface area contributed by atoms with Crippen molar-refractivity contribution in [2.45, 2.75) is 19.3 Å². The summed E-state index contributed by atoms with van der Waals surface area (Å²) in [6, 6.07) is 10.1. The van der Waals surface area contributed by atoms with Gasteiger partial charge in [-0.25, -0.2) is 0 Å². The zero-order chi connectivity index (χ0) is 15.4. The van der Waals surface area contributed by atoms with E-state index in [9.17, 15) is 4.79 Å². The molecular weight excluding hydrogens is 296 g/mol. The number of halogens is 1. The first-order valence-electron chi connectivity index (χ1n) is 7.68. The Labute approximate surface area is 135 Å². The molecule has 1 amide bonds. The number of nitrogens with zero attached hydrogens (tertiary/aromatic N) is 2. The zero-order valence-electron chi connectivity index (χ0n) is 12.5. The second-order valence-electron chi connectivity index (χ2n) is 5.55. The van der Waals surface area contributed by atoms with Crippen molar-refractivity contribution in [1.82, 2.24) is 9.88 Å². The molecule has 3 rings (SSSR count). The van der Waals surface area contributed by atoms with Crippen molar-refractivity contribution < 1.29 is 4.79 Å². The SMILES string of the molecule is O=C1c2ccc(-c3ccncc3)cc2CCN1CCCCCl. The maximum Gasteiger partial charge on any atom is 0.254 e. The van der Waals surface area contributed by atoms with E-state index >= 15 is 0 Å². The van der Waals surface area contributed by atoms with E-state index in [4.69, 9.17) is 11.6 Å². The van der Waals surface area contributed by atoms with E-state index in [1.165, 1.54) is 0 Å². The Kier molecular flexibility index (Phi) is 4.74. The summed E-state index contributed by atoms with van der Waals surface area (Å²) in [7, 11) is 0. The average molecular weight is 315 g/mol. The molecule has 22 heavy (non-hydrogen) atoms. The van der Waals surface area contributed by atoms with Crippen LogP contribution < -0.4 is 0 Å². The fourth-order valence-electron chi connectivity index (χ4n) is 2.87. The number of aromatic nitrogens is 1. The summed E-state index contributed by atoms with van der Waals surface area (Å²) >= 11 is 5.70. The maximum absolute atomic E-state index is 12.5. The van der Waals surface area contributed by atoms with Gasteiger partial charge in [0.2, 0.25) is 0 Å². The third kappa shape index (κ3) is 3.14. The van der Waals surface area contributed by atoms with Gasteiger partial charge in [-0.05, 0) is 54.2 Å². The molecule has 0 radical (unpaired) electrons. The lowest BCUT2D eigenvalue weighted by molar-refractivity contribution is 0.0737. The Bertz CT molecular complexity index is 657. The number of alkyl halides is 1. The number of unbranched alkanes of at least 4 members (excludes halogenated alkanes) is 1. The standard InChI is InChI=1S/C18H19ClN2O/c19-8-1-2-11-21-12-7-16-13-15(3-4-17(16)18(21)22)14-5-9-20-10-6-14/h3-6,9-10,13H,1-2,7-8,11-12H2. The highest BCUT2D eigenvalue weighted by Crippen LogP contribution is 2.26. The van der Waals surface area contributed by atoms with Gasteiger partial charge in [-0.1, -0.05) is 12.1 Å². The van der Waals surface area contributed by atoms with E-state index in [1.807, 2.05) is 29.2 Å². The zero-order valence-corrected chi connectivity index (χ0v) is 13.2. The number of pyridine rings is 1. The van der Waals surface area contributed by atoms with Crippen molar-refractivity contribution in [2.24, 2.45) is 0 Å². The van der Waals surface area contributed by atoms with Crippen LogP contribution in [0, 0.1) is 0 Å². The van der Waals surface area contributed by atoms with Gasteiger partial charge < -0.3 is 4.90 Å². The van der Waals surface area contributed by atoms with Crippen LogP contribution in [0.2, 0.25) is 0 Å². The smallest absolute Gasteiger partial charge is 0.254 e. The average Bonchev–Trinajstić information content (AvgIpc) is 2.57. The normalized spacial score (nSPS) is 14.0. The predicted molar refractivity (Wildman–Crippen MR) is 89.2 cm³/mol. The van der Waals surface area contributed by atoms with Crippen LogP contribution in [0.4, 0.5) is 0 Å². The van der Waals surface area contributed by atoms with Crippen molar-refractivity contribution in [3.8, 4) is 11.1 Å². The second-order valence-corrected chi connectivity index (χ2v) is 5.92. The van der Waals surface area contributed by atoms with Gasteiger partial charge in [0.05, 0.1) is 0 Å². The third-order valence-electron chi connectivity index (χ3n) is 4.10. The lowest BCUT2D eigenvalue weighted by Crippen LogP contribution is -2.38. The van der Waals surface area contributed by atoms with E-state index in [0.717, 1.165) is 54.6 Å². The summed E-state index contributed by atoms with van der Waals surface area (Å²) in [5, 5.41) is 0. The number of fused-ring (bicyclic) bond motifs is 1. The molecule has 0 fully saturated rings. The van der Waals surface area contributed by atoms with Crippen LogP contribution in [0.25, 0.3) is 11.1 Å². The molecule has 0 spiro atoms. The molecule has 1 aliphatic rings. The monoisotopic (exact) mass is 314 g/mol. The minimum Gasteiger partial charge on any atom is -0.338 e. The van der Waals surface area contributed by atoms with Gasteiger partial charge in [-0.2, -0.15) is 0 Å². The number of hydrogen-bond acceptors (Lipinski definition) is 2.